The molecule has 180 valence electrons. The van der Waals surface area contributed by atoms with Crippen molar-refractivity contribution in [3.05, 3.63) is 38.2 Å². The number of aliphatic hydroxyl groups excluding tert-OH is 1. The minimum atomic E-state index is -0.288. The van der Waals surface area contributed by atoms with Gasteiger partial charge in [0.25, 0.3) is 5.82 Å². The second-order valence-corrected chi connectivity index (χ2v) is 11.8. The molecule has 0 saturated carbocycles. The van der Waals surface area contributed by atoms with Crippen LogP contribution in [0.15, 0.2) is 16.9 Å². The fourth-order valence-corrected chi connectivity index (χ4v) is 8.60. The van der Waals surface area contributed by atoms with E-state index in [2.05, 4.69) is 14.8 Å². The molecule has 0 spiro atoms. The Kier molecular flexibility index (Phi) is 4.60. The molecule has 0 radical (unpaired) electrons. The summed E-state index contributed by atoms with van der Waals surface area (Å²) in [6, 6.07) is 4.47. The van der Waals surface area contributed by atoms with Gasteiger partial charge in [-0.3, -0.25) is 4.57 Å². The Morgan fingerprint density at radius 2 is 1.82 bits per heavy atom. The van der Waals surface area contributed by atoms with Crippen LogP contribution in [0.25, 0.3) is 0 Å². The lowest BCUT2D eigenvalue weighted by Crippen LogP contribution is -2.51. The highest BCUT2D eigenvalue weighted by Gasteiger charge is 2.62. The number of aromatic nitrogens is 4. The van der Waals surface area contributed by atoms with Crippen LogP contribution in [0.3, 0.4) is 0 Å². The number of nitrogens with zero attached hydrogens (tertiary/aromatic N) is 6. The van der Waals surface area contributed by atoms with E-state index in [4.69, 9.17) is 39.8 Å². The van der Waals surface area contributed by atoms with E-state index < -0.39 is 0 Å². The van der Waals surface area contributed by atoms with Crippen molar-refractivity contribution in [1.82, 2.24) is 14.5 Å². The van der Waals surface area contributed by atoms with Crippen LogP contribution in [0.4, 0.5) is 11.6 Å². The predicted molar refractivity (Wildman–Crippen MR) is 129 cm³/mol. The van der Waals surface area contributed by atoms with Crippen LogP contribution >= 0.6 is 34.8 Å². The molecular formula is C23H26Cl3N6O2+. The SMILES string of the molecule is O=c1nc(Cl)cc2n1CC13CCC(CC1C[n+]1c(Cl)cc(N4C5CCC4(CO)CC5)nc1Cl)N23. The molecule has 5 aliphatic heterocycles. The average molecular weight is 525 g/mol. The van der Waals surface area contributed by atoms with Crippen molar-refractivity contribution in [2.45, 2.75) is 81.2 Å². The standard InChI is InChI=1S/C23H26Cl3N6O2/c24-16-8-19-30(21(34)27-16)11-23-6-3-15(32(19)23)7-13(23)10-29-17(25)9-18(28-20(29)26)31-14-1-4-22(31,12-33)5-2-14/h8-9,13-15,33H,1-7,10-12H2/q+1. The molecule has 2 aromatic rings. The van der Waals surface area contributed by atoms with Gasteiger partial charge in [-0.1, -0.05) is 11.6 Å². The maximum absolute atomic E-state index is 12.5. The van der Waals surface area contributed by atoms with Crippen molar-refractivity contribution in [1.29, 1.82) is 0 Å². The Balaban J connectivity index is 1.21. The second kappa shape index (κ2) is 7.21. The van der Waals surface area contributed by atoms with Crippen LogP contribution in [0, 0.1) is 5.92 Å². The summed E-state index contributed by atoms with van der Waals surface area (Å²) < 4.78 is 3.66. The molecule has 5 aliphatic rings. The highest BCUT2D eigenvalue weighted by Crippen LogP contribution is 2.56. The third kappa shape index (κ3) is 2.71. The minimum Gasteiger partial charge on any atom is -0.394 e. The van der Waals surface area contributed by atoms with Gasteiger partial charge in [-0.2, -0.15) is 4.98 Å². The van der Waals surface area contributed by atoms with Crippen molar-refractivity contribution in [3.63, 3.8) is 0 Å². The van der Waals surface area contributed by atoms with Gasteiger partial charge >= 0.3 is 11.0 Å². The zero-order valence-electron chi connectivity index (χ0n) is 18.6. The van der Waals surface area contributed by atoms with E-state index >= 15 is 0 Å². The Hall–Kier alpha value is -1.61. The van der Waals surface area contributed by atoms with Gasteiger partial charge in [-0.25, -0.2) is 9.36 Å². The van der Waals surface area contributed by atoms with E-state index in [0.717, 1.165) is 56.6 Å². The summed E-state index contributed by atoms with van der Waals surface area (Å²) >= 11 is 19.7. The minimum absolute atomic E-state index is 0.121. The highest BCUT2D eigenvalue weighted by molar-refractivity contribution is 6.30. The molecule has 3 unspecified atom stereocenters. The van der Waals surface area contributed by atoms with E-state index in [9.17, 15) is 9.90 Å². The Morgan fingerprint density at radius 3 is 2.56 bits per heavy atom. The first-order chi connectivity index (χ1) is 16.3. The summed E-state index contributed by atoms with van der Waals surface area (Å²) in [6.07, 6.45) is 7.20. The monoisotopic (exact) mass is 523 g/mol. The lowest BCUT2D eigenvalue weighted by molar-refractivity contribution is -0.702. The highest BCUT2D eigenvalue weighted by atomic mass is 35.5. The van der Waals surface area contributed by atoms with Gasteiger partial charge in [-0.05, 0) is 61.5 Å². The molecule has 0 aromatic carbocycles. The van der Waals surface area contributed by atoms with Crippen molar-refractivity contribution in [2.75, 3.05) is 16.4 Å². The molecule has 7 heterocycles. The van der Waals surface area contributed by atoms with Crippen LogP contribution < -0.4 is 20.1 Å². The summed E-state index contributed by atoms with van der Waals surface area (Å²) in [5.41, 5.74) is -0.682. The number of aliphatic hydroxyl groups is 1. The van der Waals surface area contributed by atoms with E-state index in [-0.39, 0.29) is 34.4 Å². The number of fused-ring (bicyclic) bond motifs is 3. The van der Waals surface area contributed by atoms with E-state index in [0.29, 0.717) is 35.6 Å². The van der Waals surface area contributed by atoms with Crippen molar-refractivity contribution in [3.8, 4) is 0 Å². The van der Waals surface area contributed by atoms with Gasteiger partial charge < -0.3 is 14.9 Å². The van der Waals surface area contributed by atoms with Crippen molar-refractivity contribution >= 4 is 46.4 Å². The number of hydrogen-bond donors (Lipinski definition) is 1. The number of halogens is 3. The summed E-state index contributed by atoms with van der Waals surface area (Å²) in [6.45, 7) is 1.37. The predicted octanol–water partition coefficient (Wildman–Crippen LogP) is 2.82. The van der Waals surface area contributed by atoms with Crippen LogP contribution in [0.5, 0.6) is 0 Å². The second-order valence-electron chi connectivity index (χ2n) is 10.7. The quantitative estimate of drug-likeness (QED) is 0.377. The zero-order chi connectivity index (χ0) is 23.4. The molecule has 2 aromatic heterocycles. The van der Waals surface area contributed by atoms with Crippen LogP contribution in [0.1, 0.15) is 44.9 Å². The normalized spacial score (nSPS) is 34.9. The summed E-state index contributed by atoms with van der Waals surface area (Å²) in [7, 11) is 0. The molecule has 34 heavy (non-hydrogen) atoms. The van der Waals surface area contributed by atoms with Gasteiger partial charge in [0.05, 0.1) is 36.8 Å². The fraction of sp³-hybridized carbons (Fsp3) is 0.652. The van der Waals surface area contributed by atoms with Gasteiger partial charge in [0.2, 0.25) is 5.15 Å². The molecule has 11 heteroatoms. The third-order valence-electron chi connectivity index (χ3n) is 9.35. The maximum atomic E-state index is 12.5. The average Bonchev–Trinajstić information content (AvgIpc) is 3.57. The molecule has 0 aliphatic carbocycles. The molecule has 4 saturated heterocycles. The van der Waals surface area contributed by atoms with Gasteiger partial charge in [0, 0.05) is 35.7 Å². The van der Waals surface area contributed by atoms with Gasteiger partial charge in [0.15, 0.2) is 0 Å². The van der Waals surface area contributed by atoms with Crippen LogP contribution in [-0.2, 0) is 13.1 Å². The first-order valence-corrected chi connectivity index (χ1v) is 13.2. The molecule has 7 rings (SSSR count). The Morgan fingerprint density at radius 1 is 1.06 bits per heavy atom. The number of hydrogen-bond acceptors (Lipinski definition) is 6. The first-order valence-electron chi connectivity index (χ1n) is 12.1. The maximum Gasteiger partial charge on any atom is 0.399 e. The smallest absolute Gasteiger partial charge is 0.394 e. The molecule has 4 fully saturated rings. The van der Waals surface area contributed by atoms with Crippen molar-refractivity contribution in [2.24, 2.45) is 5.92 Å². The Bertz CT molecular complexity index is 1240. The summed E-state index contributed by atoms with van der Waals surface area (Å²) in [4.78, 5) is 25.9. The topological polar surface area (TPSA) is 78.4 Å². The molecule has 0 amide bonds. The van der Waals surface area contributed by atoms with Crippen LogP contribution in [-0.4, -0.2) is 49.4 Å². The molecule has 8 nitrogen and oxygen atoms in total. The molecular weight excluding hydrogens is 499 g/mol. The summed E-state index contributed by atoms with van der Waals surface area (Å²) in [5, 5.41) is 11.3. The molecule has 1 N–H and O–H groups in total. The first kappa shape index (κ1) is 21.7. The molecule has 3 atom stereocenters. The number of rotatable bonds is 4. The van der Waals surface area contributed by atoms with Crippen molar-refractivity contribution < 1.29 is 9.67 Å². The van der Waals surface area contributed by atoms with Crippen LogP contribution in [0.2, 0.25) is 15.6 Å². The zero-order valence-corrected chi connectivity index (χ0v) is 20.9. The van der Waals surface area contributed by atoms with E-state index in [1.54, 1.807) is 4.57 Å². The fourth-order valence-electron chi connectivity index (χ4n) is 7.89. The Labute approximate surface area is 212 Å². The number of anilines is 2. The lowest BCUT2D eigenvalue weighted by atomic mass is 9.77. The van der Waals surface area contributed by atoms with Gasteiger partial charge in [-0.15, -0.1) is 0 Å². The largest absolute Gasteiger partial charge is 0.399 e. The van der Waals surface area contributed by atoms with E-state index in [1.807, 2.05) is 16.7 Å². The lowest BCUT2D eigenvalue weighted by Gasteiger charge is -2.34. The molecule has 4 bridgehead atoms. The third-order valence-corrected chi connectivity index (χ3v) is 10.1. The van der Waals surface area contributed by atoms with E-state index in [1.165, 1.54) is 0 Å². The summed E-state index contributed by atoms with van der Waals surface area (Å²) in [5.74, 6) is 1.90. The van der Waals surface area contributed by atoms with Gasteiger partial charge in [0.1, 0.15) is 11.0 Å².